The molecule has 9 nitrogen and oxygen atoms in total. The van der Waals surface area contributed by atoms with Gasteiger partial charge in [0.25, 0.3) is 5.56 Å². The van der Waals surface area contributed by atoms with Gasteiger partial charge in [0.1, 0.15) is 23.6 Å². The number of amides is 1. The summed E-state index contributed by atoms with van der Waals surface area (Å²) in [5.41, 5.74) is 0.360. The molecule has 0 atom stereocenters. The van der Waals surface area contributed by atoms with E-state index in [0.717, 1.165) is 0 Å². The van der Waals surface area contributed by atoms with Crippen LogP contribution in [0, 0.1) is 0 Å². The third kappa shape index (κ3) is 4.96. The number of carbonyl (C=O) groups is 2. The van der Waals surface area contributed by atoms with Gasteiger partial charge in [0.05, 0.1) is 12.0 Å². The normalized spacial score (nSPS) is 11.0. The fraction of sp³-hybridized carbons (Fsp3) is 0.182. The molecule has 0 radical (unpaired) electrons. The predicted octanol–water partition coefficient (Wildman–Crippen LogP) is 2.73. The Morgan fingerprint density at radius 3 is 2.81 bits per heavy atom. The topological polar surface area (TPSA) is 120 Å². The van der Waals surface area contributed by atoms with Crippen LogP contribution in [0.5, 0.6) is 5.75 Å². The summed E-state index contributed by atoms with van der Waals surface area (Å²) >= 11 is 0. The molecule has 9 heteroatoms. The Morgan fingerprint density at radius 2 is 2.03 bits per heavy atom. The lowest BCUT2D eigenvalue weighted by atomic mass is 10.1. The van der Waals surface area contributed by atoms with E-state index in [4.69, 9.17) is 9.47 Å². The van der Waals surface area contributed by atoms with E-state index in [9.17, 15) is 19.5 Å². The van der Waals surface area contributed by atoms with Crippen LogP contribution in [0.1, 0.15) is 15.9 Å². The SMILES string of the molecule is COCCOC(=O)Nc1cccc(C=CC(=O)c2c(O)c3cccnc3n(C)c2=O)c1. The molecule has 0 saturated carbocycles. The Balaban J connectivity index is 1.81. The first-order chi connectivity index (χ1) is 14.9. The smallest absolute Gasteiger partial charge is 0.411 e. The van der Waals surface area contributed by atoms with Gasteiger partial charge in [-0.3, -0.25) is 19.5 Å². The highest BCUT2D eigenvalue weighted by Gasteiger charge is 2.19. The van der Waals surface area contributed by atoms with E-state index in [1.165, 1.54) is 37.1 Å². The minimum Gasteiger partial charge on any atom is -0.506 e. The van der Waals surface area contributed by atoms with Gasteiger partial charge in [-0.15, -0.1) is 0 Å². The molecule has 2 N–H and O–H groups in total. The molecule has 1 amide bonds. The molecule has 3 aromatic rings. The quantitative estimate of drug-likeness (QED) is 0.341. The minimum absolute atomic E-state index is 0.121. The van der Waals surface area contributed by atoms with Crippen molar-refractivity contribution in [1.29, 1.82) is 0 Å². The number of ether oxygens (including phenoxy) is 2. The van der Waals surface area contributed by atoms with Gasteiger partial charge in [-0.2, -0.15) is 0 Å². The number of nitrogens with one attached hydrogen (secondary N) is 1. The summed E-state index contributed by atoms with van der Waals surface area (Å²) in [5, 5.41) is 13.4. The number of nitrogens with zero attached hydrogens (tertiary/aromatic N) is 2. The highest BCUT2D eigenvalue weighted by molar-refractivity contribution is 6.10. The van der Waals surface area contributed by atoms with Crippen LogP contribution in [0.3, 0.4) is 0 Å². The first kappa shape index (κ1) is 21.7. The molecule has 0 saturated heterocycles. The number of anilines is 1. The number of benzene rings is 1. The van der Waals surface area contributed by atoms with E-state index in [1.807, 2.05) is 0 Å². The van der Waals surface area contributed by atoms with Crippen molar-refractivity contribution in [2.24, 2.45) is 7.05 Å². The number of aryl methyl sites for hydroxylation is 1. The zero-order valence-electron chi connectivity index (χ0n) is 17.0. The van der Waals surface area contributed by atoms with Gasteiger partial charge in [-0.05, 0) is 35.9 Å². The summed E-state index contributed by atoms with van der Waals surface area (Å²) in [7, 11) is 2.99. The lowest BCUT2D eigenvalue weighted by Gasteiger charge is -2.09. The summed E-state index contributed by atoms with van der Waals surface area (Å²) in [6.45, 7) is 0.408. The molecule has 0 spiro atoms. The van der Waals surface area contributed by atoms with Crippen molar-refractivity contribution < 1.29 is 24.2 Å². The van der Waals surface area contributed by atoms with Crippen molar-refractivity contribution in [2.75, 3.05) is 25.6 Å². The predicted molar refractivity (Wildman–Crippen MR) is 115 cm³/mol. The maximum Gasteiger partial charge on any atom is 0.411 e. The van der Waals surface area contributed by atoms with Crippen LogP contribution in [0.4, 0.5) is 10.5 Å². The van der Waals surface area contributed by atoms with Gasteiger partial charge in [0.15, 0.2) is 5.78 Å². The molecule has 160 valence electrons. The van der Waals surface area contributed by atoms with E-state index in [2.05, 4.69) is 10.3 Å². The molecule has 0 aliphatic heterocycles. The summed E-state index contributed by atoms with van der Waals surface area (Å²) in [4.78, 5) is 41.1. The monoisotopic (exact) mass is 423 g/mol. The molecular weight excluding hydrogens is 402 g/mol. The van der Waals surface area contributed by atoms with Gasteiger partial charge in [0.2, 0.25) is 0 Å². The number of rotatable bonds is 7. The average Bonchev–Trinajstić information content (AvgIpc) is 2.77. The summed E-state index contributed by atoms with van der Waals surface area (Å²) < 4.78 is 11.0. The molecule has 3 rings (SSSR count). The maximum atomic E-state index is 12.7. The first-order valence-electron chi connectivity index (χ1n) is 9.34. The second kappa shape index (κ2) is 9.68. The van der Waals surface area contributed by atoms with Gasteiger partial charge in [-0.25, -0.2) is 9.78 Å². The third-order valence-corrected chi connectivity index (χ3v) is 4.44. The zero-order valence-corrected chi connectivity index (χ0v) is 17.0. The third-order valence-electron chi connectivity index (χ3n) is 4.44. The number of carbonyl (C=O) groups excluding carboxylic acids is 2. The number of ketones is 1. The van der Waals surface area contributed by atoms with Crippen molar-refractivity contribution in [3.8, 4) is 5.75 Å². The summed E-state index contributed by atoms with van der Waals surface area (Å²) in [5.74, 6) is -1.06. The Labute approximate surface area is 177 Å². The van der Waals surface area contributed by atoms with Crippen LogP contribution in [0.25, 0.3) is 17.1 Å². The fourth-order valence-corrected chi connectivity index (χ4v) is 2.92. The van der Waals surface area contributed by atoms with Gasteiger partial charge < -0.3 is 14.6 Å². The lowest BCUT2D eigenvalue weighted by molar-refractivity contribution is 0.104. The molecule has 31 heavy (non-hydrogen) atoms. The Bertz CT molecular complexity index is 1220. The number of aromatic hydroxyl groups is 1. The second-order valence-electron chi connectivity index (χ2n) is 6.54. The van der Waals surface area contributed by atoms with E-state index in [0.29, 0.717) is 16.6 Å². The van der Waals surface area contributed by atoms with Crippen molar-refractivity contribution in [3.05, 3.63) is 70.2 Å². The number of methoxy groups -OCH3 is 1. The van der Waals surface area contributed by atoms with Crippen LogP contribution in [-0.4, -0.2) is 46.9 Å². The summed E-state index contributed by atoms with van der Waals surface area (Å²) in [6, 6.07) is 9.88. The Kier molecular flexibility index (Phi) is 6.78. The maximum absolute atomic E-state index is 12.7. The lowest BCUT2D eigenvalue weighted by Crippen LogP contribution is -2.24. The van der Waals surface area contributed by atoms with E-state index >= 15 is 0 Å². The molecule has 2 aromatic heterocycles. The largest absolute Gasteiger partial charge is 0.506 e. The van der Waals surface area contributed by atoms with Crippen LogP contribution < -0.4 is 10.9 Å². The van der Waals surface area contributed by atoms with Crippen molar-refractivity contribution in [3.63, 3.8) is 0 Å². The molecule has 0 aliphatic rings. The number of hydrogen-bond acceptors (Lipinski definition) is 7. The highest BCUT2D eigenvalue weighted by atomic mass is 16.6. The van der Waals surface area contributed by atoms with Crippen molar-refractivity contribution >= 4 is 34.7 Å². The van der Waals surface area contributed by atoms with Crippen molar-refractivity contribution in [2.45, 2.75) is 0 Å². The molecule has 0 bridgehead atoms. The number of pyridine rings is 2. The number of hydrogen-bond donors (Lipinski definition) is 2. The molecule has 1 aromatic carbocycles. The highest BCUT2D eigenvalue weighted by Crippen LogP contribution is 2.25. The van der Waals surface area contributed by atoms with Crippen LogP contribution in [-0.2, 0) is 16.5 Å². The van der Waals surface area contributed by atoms with Gasteiger partial charge in [0, 0.05) is 26.0 Å². The zero-order chi connectivity index (χ0) is 22.4. The van der Waals surface area contributed by atoms with Gasteiger partial charge >= 0.3 is 6.09 Å². The van der Waals surface area contributed by atoms with Crippen LogP contribution in [0.2, 0.25) is 0 Å². The molecule has 0 aliphatic carbocycles. The van der Waals surface area contributed by atoms with Crippen LogP contribution >= 0.6 is 0 Å². The molecule has 0 unspecified atom stereocenters. The second-order valence-corrected chi connectivity index (χ2v) is 6.54. The van der Waals surface area contributed by atoms with Crippen LogP contribution in [0.15, 0.2) is 53.5 Å². The Morgan fingerprint density at radius 1 is 1.23 bits per heavy atom. The van der Waals surface area contributed by atoms with E-state index in [1.54, 1.807) is 36.4 Å². The van der Waals surface area contributed by atoms with E-state index < -0.39 is 23.2 Å². The molecular formula is C22H21N3O6. The Hall–Kier alpha value is -3.98. The number of allylic oxidation sites excluding steroid dienone is 1. The van der Waals surface area contributed by atoms with E-state index in [-0.39, 0.29) is 24.4 Å². The first-order valence-corrected chi connectivity index (χ1v) is 9.34. The molecule has 2 heterocycles. The standard InChI is InChI=1S/C22H21N3O6/c1-25-20-16(7-4-10-23-20)19(27)18(21(25)28)17(26)9-8-14-5-3-6-15(13-14)24-22(29)31-12-11-30-2/h3-10,13,27H,11-12H2,1-2H3,(H,24,29). The average molecular weight is 423 g/mol. The molecule has 0 fully saturated rings. The number of fused-ring (bicyclic) bond motifs is 1. The summed E-state index contributed by atoms with van der Waals surface area (Å²) in [6.07, 6.45) is 3.54. The van der Waals surface area contributed by atoms with Gasteiger partial charge in [-0.1, -0.05) is 18.2 Å². The van der Waals surface area contributed by atoms with Crippen molar-refractivity contribution in [1.82, 2.24) is 9.55 Å². The number of aromatic nitrogens is 2. The minimum atomic E-state index is -0.652. The fourth-order valence-electron chi connectivity index (χ4n) is 2.92.